The lowest BCUT2D eigenvalue weighted by Crippen LogP contribution is -2.22. The number of ketones is 2. The Kier molecular flexibility index (Phi) is 7.16. The van der Waals surface area contributed by atoms with Crippen LogP contribution in [-0.4, -0.2) is 43.4 Å². The molecule has 0 N–H and O–H groups in total. The Labute approximate surface area is 189 Å². The SMILES string of the molecule is O=C(CCC(=O)C(CC1CCOCC1)c1ccc(S(=O)(=O)C2CC2)cc1)c1ccccn1. The number of carbonyl (C=O) groups excluding carboxylic acids is 2. The summed E-state index contributed by atoms with van der Waals surface area (Å²) in [4.78, 5) is 30.1. The number of rotatable bonds is 10. The molecule has 1 aromatic heterocycles. The van der Waals surface area contributed by atoms with Crippen LogP contribution < -0.4 is 0 Å². The highest BCUT2D eigenvalue weighted by Crippen LogP contribution is 2.35. The van der Waals surface area contributed by atoms with E-state index < -0.39 is 9.84 Å². The molecule has 170 valence electrons. The first kappa shape index (κ1) is 22.8. The second-order valence-electron chi connectivity index (χ2n) is 8.76. The van der Waals surface area contributed by atoms with Gasteiger partial charge in [0.15, 0.2) is 15.6 Å². The van der Waals surface area contributed by atoms with Crippen LogP contribution in [0.1, 0.15) is 66.9 Å². The van der Waals surface area contributed by atoms with Gasteiger partial charge < -0.3 is 4.74 Å². The van der Waals surface area contributed by atoms with E-state index in [-0.39, 0.29) is 35.6 Å². The number of sulfone groups is 1. The summed E-state index contributed by atoms with van der Waals surface area (Å²) >= 11 is 0. The average Bonchev–Trinajstić information content (AvgIpc) is 3.68. The molecule has 0 amide bonds. The zero-order chi connectivity index (χ0) is 22.6. The quantitative estimate of drug-likeness (QED) is 0.500. The van der Waals surface area contributed by atoms with E-state index in [0.29, 0.717) is 36.1 Å². The molecule has 2 aliphatic rings. The first-order chi connectivity index (χ1) is 15.4. The van der Waals surface area contributed by atoms with Crippen LogP contribution in [0.2, 0.25) is 0 Å². The Hall–Kier alpha value is -2.38. The van der Waals surface area contributed by atoms with Crippen LogP contribution in [0.15, 0.2) is 53.6 Å². The standard InChI is InChI=1S/C25H29NO5S/c27-24(10-11-25(28)23-3-1-2-14-26-23)22(17-18-12-15-31-16-13-18)19-4-6-20(7-5-19)32(29,30)21-8-9-21/h1-7,14,18,21-22H,8-13,15-17H2. The Morgan fingerprint density at radius 2 is 1.69 bits per heavy atom. The summed E-state index contributed by atoms with van der Waals surface area (Å²) in [6, 6.07) is 12.0. The minimum Gasteiger partial charge on any atom is -0.381 e. The van der Waals surface area contributed by atoms with Crippen LogP contribution in [0.5, 0.6) is 0 Å². The molecule has 2 aromatic rings. The Morgan fingerprint density at radius 3 is 2.31 bits per heavy atom. The summed E-state index contributed by atoms with van der Waals surface area (Å²) in [5, 5.41) is -0.259. The average molecular weight is 456 g/mol. The van der Waals surface area contributed by atoms with Gasteiger partial charge in [0.25, 0.3) is 0 Å². The van der Waals surface area contributed by atoms with E-state index in [9.17, 15) is 18.0 Å². The van der Waals surface area contributed by atoms with Crippen LogP contribution in [0, 0.1) is 5.92 Å². The highest BCUT2D eigenvalue weighted by atomic mass is 32.2. The van der Waals surface area contributed by atoms with Crippen molar-refractivity contribution in [3.05, 3.63) is 59.9 Å². The van der Waals surface area contributed by atoms with Crippen LogP contribution in [0.4, 0.5) is 0 Å². The molecule has 0 spiro atoms. The number of Topliss-reactive ketones (excluding diaryl/α,β-unsaturated/α-hetero) is 2. The molecule has 1 aliphatic heterocycles. The molecule has 32 heavy (non-hydrogen) atoms. The molecule has 4 rings (SSSR count). The third-order valence-corrected chi connectivity index (χ3v) is 8.70. The van der Waals surface area contributed by atoms with Crippen LogP contribution in [0.3, 0.4) is 0 Å². The van der Waals surface area contributed by atoms with Gasteiger partial charge in [0.2, 0.25) is 0 Å². The van der Waals surface area contributed by atoms with Gasteiger partial charge in [0.05, 0.1) is 10.1 Å². The second-order valence-corrected chi connectivity index (χ2v) is 11.0. The number of carbonyl (C=O) groups is 2. The van der Waals surface area contributed by atoms with Crippen molar-refractivity contribution in [1.82, 2.24) is 4.98 Å². The van der Waals surface area contributed by atoms with Crippen molar-refractivity contribution in [2.24, 2.45) is 5.92 Å². The van der Waals surface area contributed by atoms with Gasteiger partial charge in [-0.25, -0.2) is 8.42 Å². The Morgan fingerprint density at radius 1 is 0.969 bits per heavy atom. The van der Waals surface area contributed by atoms with Crippen molar-refractivity contribution in [2.75, 3.05) is 13.2 Å². The zero-order valence-electron chi connectivity index (χ0n) is 18.1. The predicted molar refractivity (Wildman–Crippen MR) is 120 cm³/mol. The van der Waals surface area contributed by atoms with Gasteiger partial charge in [0, 0.05) is 38.2 Å². The molecule has 0 radical (unpaired) electrons. The van der Waals surface area contributed by atoms with Crippen LogP contribution in [-0.2, 0) is 19.4 Å². The Bertz CT molecular complexity index is 1040. The number of benzene rings is 1. The maximum Gasteiger partial charge on any atom is 0.181 e. The third kappa shape index (κ3) is 5.51. The van der Waals surface area contributed by atoms with E-state index in [0.717, 1.165) is 31.2 Å². The van der Waals surface area contributed by atoms with E-state index in [1.54, 1.807) is 48.7 Å². The highest BCUT2D eigenvalue weighted by molar-refractivity contribution is 7.92. The summed E-state index contributed by atoms with van der Waals surface area (Å²) in [5.74, 6) is -0.111. The zero-order valence-corrected chi connectivity index (χ0v) is 18.9. The van der Waals surface area contributed by atoms with Crippen molar-refractivity contribution in [3.8, 4) is 0 Å². The highest BCUT2D eigenvalue weighted by Gasteiger charge is 2.37. The molecule has 1 aliphatic carbocycles. The van der Waals surface area contributed by atoms with E-state index in [4.69, 9.17) is 4.74 Å². The van der Waals surface area contributed by atoms with Gasteiger partial charge in [-0.3, -0.25) is 14.6 Å². The van der Waals surface area contributed by atoms with Crippen molar-refractivity contribution in [3.63, 3.8) is 0 Å². The third-order valence-electron chi connectivity index (χ3n) is 6.42. The summed E-state index contributed by atoms with van der Waals surface area (Å²) in [6.07, 6.45) is 5.78. The Balaban J connectivity index is 1.48. The molecule has 6 nitrogen and oxygen atoms in total. The normalized spacial score (nSPS) is 18.2. The van der Waals surface area contributed by atoms with Gasteiger partial charge in [-0.05, 0) is 67.9 Å². The number of ether oxygens (including phenoxy) is 1. The minimum atomic E-state index is -3.26. The molecule has 1 aromatic carbocycles. The van der Waals surface area contributed by atoms with E-state index >= 15 is 0 Å². The largest absolute Gasteiger partial charge is 0.381 e. The summed E-state index contributed by atoms with van der Waals surface area (Å²) < 4.78 is 30.5. The molecule has 1 unspecified atom stereocenters. The lowest BCUT2D eigenvalue weighted by Gasteiger charge is -2.26. The number of hydrogen-bond acceptors (Lipinski definition) is 6. The first-order valence-electron chi connectivity index (χ1n) is 11.3. The van der Waals surface area contributed by atoms with Crippen molar-refractivity contribution >= 4 is 21.4 Å². The fourth-order valence-corrected chi connectivity index (χ4v) is 5.95. The smallest absolute Gasteiger partial charge is 0.181 e. The van der Waals surface area contributed by atoms with Gasteiger partial charge >= 0.3 is 0 Å². The van der Waals surface area contributed by atoms with Gasteiger partial charge in [-0.15, -0.1) is 0 Å². The van der Waals surface area contributed by atoms with Gasteiger partial charge in [-0.2, -0.15) is 0 Å². The van der Waals surface area contributed by atoms with E-state index in [1.165, 1.54) is 0 Å². The molecular formula is C25H29NO5S. The van der Waals surface area contributed by atoms with E-state index in [2.05, 4.69) is 4.98 Å². The first-order valence-corrected chi connectivity index (χ1v) is 12.9. The number of nitrogens with zero attached hydrogens (tertiary/aromatic N) is 1. The van der Waals surface area contributed by atoms with Crippen LogP contribution >= 0.6 is 0 Å². The number of aromatic nitrogens is 1. The lowest BCUT2D eigenvalue weighted by atomic mass is 9.81. The molecule has 1 saturated carbocycles. The van der Waals surface area contributed by atoms with Crippen LogP contribution in [0.25, 0.3) is 0 Å². The molecule has 0 bridgehead atoms. The van der Waals surface area contributed by atoms with Gasteiger partial charge in [-0.1, -0.05) is 18.2 Å². The fourth-order valence-electron chi connectivity index (χ4n) is 4.30. The topological polar surface area (TPSA) is 90.4 Å². The van der Waals surface area contributed by atoms with Crippen molar-refractivity contribution < 1.29 is 22.7 Å². The molecule has 1 saturated heterocycles. The van der Waals surface area contributed by atoms with Crippen molar-refractivity contribution in [1.29, 1.82) is 0 Å². The lowest BCUT2D eigenvalue weighted by molar-refractivity contribution is -0.121. The summed E-state index contributed by atoms with van der Waals surface area (Å²) in [6.45, 7) is 1.39. The molecule has 7 heteroatoms. The maximum atomic E-state index is 13.2. The minimum absolute atomic E-state index is 0.0126. The summed E-state index contributed by atoms with van der Waals surface area (Å²) in [5.41, 5.74) is 1.19. The molecule has 1 atom stereocenters. The number of pyridine rings is 1. The molecular weight excluding hydrogens is 426 g/mol. The van der Waals surface area contributed by atoms with Crippen molar-refractivity contribution in [2.45, 2.75) is 61.0 Å². The molecule has 2 fully saturated rings. The summed E-state index contributed by atoms with van der Waals surface area (Å²) in [7, 11) is -3.26. The fraction of sp³-hybridized carbons (Fsp3) is 0.480. The van der Waals surface area contributed by atoms with Gasteiger partial charge in [0.1, 0.15) is 11.5 Å². The monoisotopic (exact) mass is 455 g/mol. The number of hydrogen-bond donors (Lipinski definition) is 0. The van der Waals surface area contributed by atoms with E-state index in [1.807, 2.05) is 0 Å². The second kappa shape index (κ2) is 10.0. The predicted octanol–water partition coefficient (Wildman–Crippen LogP) is 4.15. The molecule has 2 heterocycles. The maximum absolute atomic E-state index is 13.2.